The lowest BCUT2D eigenvalue weighted by molar-refractivity contribution is 0.146. The SMILES string of the molecule is CCCCOc1c(OC)cc(C=Cc2cc(OCCOC)cc(=O)o2)cc1OC. The Bertz CT molecular complexity index is 829. The van der Waals surface area contributed by atoms with E-state index in [-0.39, 0.29) is 0 Å². The minimum atomic E-state index is -0.491. The Kier molecular flexibility index (Phi) is 9.11. The molecule has 1 heterocycles. The average Bonchev–Trinajstić information content (AvgIpc) is 2.72. The molecule has 0 spiro atoms. The fourth-order valence-corrected chi connectivity index (χ4v) is 2.52. The molecule has 0 amide bonds. The summed E-state index contributed by atoms with van der Waals surface area (Å²) in [5, 5.41) is 0. The first-order valence-electron chi connectivity index (χ1n) is 9.45. The van der Waals surface area contributed by atoms with Gasteiger partial charge in [0.1, 0.15) is 18.1 Å². The molecule has 7 heteroatoms. The molecule has 0 N–H and O–H groups in total. The molecular weight excluding hydrogens is 376 g/mol. The molecular formula is C22H28O7. The van der Waals surface area contributed by atoms with E-state index in [0.717, 1.165) is 18.4 Å². The van der Waals surface area contributed by atoms with Crippen LogP contribution in [0.5, 0.6) is 23.0 Å². The van der Waals surface area contributed by atoms with Crippen LogP contribution in [0.3, 0.4) is 0 Å². The standard InChI is InChI=1S/C22H28O7/c1-5-6-9-28-22-19(25-3)12-16(13-20(22)26-4)7-8-17-14-18(15-21(23)29-17)27-11-10-24-2/h7-8,12-15H,5-6,9-11H2,1-4H3. The minimum Gasteiger partial charge on any atom is -0.493 e. The van der Waals surface area contributed by atoms with Crippen molar-refractivity contribution in [1.82, 2.24) is 0 Å². The third kappa shape index (κ3) is 6.87. The summed E-state index contributed by atoms with van der Waals surface area (Å²) in [6.07, 6.45) is 5.44. The summed E-state index contributed by atoms with van der Waals surface area (Å²) < 4.78 is 32.4. The highest BCUT2D eigenvalue weighted by Gasteiger charge is 2.13. The zero-order valence-corrected chi connectivity index (χ0v) is 17.4. The molecule has 0 bridgehead atoms. The minimum absolute atomic E-state index is 0.344. The van der Waals surface area contributed by atoms with Crippen molar-refractivity contribution in [3.63, 3.8) is 0 Å². The average molecular weight is 404 g/mol. The lowest BCUT2D eigenvalue weighted by atomic mass is 10.1. The summed E-state index contributed by atoms with van der Waals surface area (Å²) >= 11 is 0. The lowest BCUT2D eigenvalue weighted by Gasteiger charge is -2.15. The van der Waals surface area contributed by atoms with Crippen molar-refractivity contribution >= 4 is 12.2 Å². The van der Waals surface area contributed by atoms with Gasteiger partial charge in [0.2, 0.25) is 5.75 Å². The van der Waals surface area contributed by atoms with E-state index >= 15 is 0 Å². The molecule has 7 nitrogen and oxygen atoms in total. The van der Waals surface area contributed by atoms with Crippen LogP contribution < -0.4 is 24.6 Å². The van der Waals surface area contributed by atoms with Crippen molar-refractivity contribution in [2.75, 3.05) is 41.2 Å². The number of hydrogen-bond acceptors (Lipinski definition) is 7. The molecule has 2 rings (SSSR count). The van der Waals surface area contributed by atoms with Crippen LogP contribution in [-0.4, -0.2) is 41.2 Å². The topological polar surface area (TPSA) is 76.4 Å². The maximum absolute atomic E-state index is 11.8. The second kappa shape index (κ2) is 11.8. The van der Waals surface area contributed by atoms with Crippen LogP contribution in [-0.2, 0) is 4.74 Å². The third-order valence-electron chi connectivity index (χ3n) is 3.99. The summed E-state index contributed by atoms with van der Waals surface area (Å²) in [5.41, 5.74) is 0.310. The van der Waals surface area contributed by atoms with Gasteiger partial charge in [-0.25, -0.2) is 4.79 Å². The fourth-order valence-electron chi connectivity index (χ4n) is 2.52. The van der Waals surface area contributed by atoms with Crippen LogP contribution in [0.15, 0.2) is 33.5 Å². The first-order valence-corrected chi connectivity index (χ1v) is 9.45. The first kappa shape index (κ1) is 22.4. The Hall–Kier alpha value is -2.93. The van der Waals surface area contributed by atoms with Crippen molar-refractivity contribution in [3.05, 3.63) is 46.0 Å². The first-order chi connectivity index (χ1) is 14.1. The molecule has 0 aliphatic carbocycles. The van der Waals surface area contributed by atoms with E-state index in [4.69, 9.17) is 28.1 Å². The van der Waals surface area contributed by atoms with Gasteiger partial charge in [-0.15, -0.1) is 0 Å². The molecule has 0 fully saturated rings. The van der Waals surface area contributed by atoms with Gasteiger partial charge in [-0.2, -0.15) is 0 Å². The highest BCUT2D eigenvalue weighted by molar-refractivity contribution is 5.71. The zero-order chi connectivity index (χ0) is 21.1. The van der Waals surface area contributed by atoms with Crippen LogP contribution >= 0.6 is 0 Å². The lowest BCUT2D eigenvalue weighted by Crippen LogP contribution is -2.07. The van der Waals surface area contributed by atoms with Crippen LogP contribution in [0.2, 0.25) is 0 Å². The monoisotopic (exact) mass is 404 g/mol. The van der Waals surface area contributed by atoms with Gasteiger partial charge in [-0.3, -0.25) is 0 Å². The smallest absolute Gasteiger partial charge is 0.339 e. The molecule has 0 unspecified atom stereocenters. The second-order valence-electron chi connectivity index (χ2n) is 6.15. The van der Waals surface area contributed by atoms with Gasteiger partial charge in [-0.05, 0) is 30.2 Å². The Morgan fingerprint density at radius 3 is 2.24 bits per heavy atom. The van der Waals surface area contributed by atoms with Crippen molar-refractivity contribution < 1.29 is 28.1 Å². The molecule has 0 saturated carbocycles. The molecule has 0 aliphatic heterocycles. The van der Waals surface area contributed by atoms with Crippen molar-refractivity contribution in [3.8, 4) is 23.0 Å². The molecule has 158 valence electrons. The number of hydrogen-bond donors (Lipinski definition) is 0. The van der Waals surface area contributed by atoms with E-state index in [0.29, 0.717) is 48.6 Å². The largest absolute Gasteiger partial charge is 0.493 e. The zero-order valence-electron chi connectivity index (χ0n) is 17.4. The summed E-state index contributed by atoms with van der Waals surface area (Å²) in [7, 11) is 4.74. The highest BCUT2D eigenvalue weighted by Crippen LogP contribution is 2.39. The Morgan fingerprint density at radius 2 is 1.62 bits per heavy atom. The Balaban J connectivity index is 2.24. The normalized spacial score (nSPS) is 10.9. The van der Waals surface area contributed by atoms with Gasteiger partial charge in [0.05, 0.1) is 33.5 Å². The fraction of sp³-hybridized carbons (Fsp3) is 0.409. The third-order valence-corrected chi connectivity index (χ3v) is 3.99. The molecule has 2 aromatic rings. The number of benzene rings is 1. The van der Waals surface area contributed by atoms with Gasteiger partial charge in [-0.1, -0.05) is 19.4 Å². The number of ether oxygens (including phenoxy) is 5. The molecule has 29 heavy (non-hydrogen) atoms. The Morgan fingerprint density at radius 1 is 0.897 bits per heavy atom. The van der Waals surface area contributed by atoms with Crippen LogP contribution in [0.4, 0.5) is 0 Å². The number of methoxy groups -OCH3 is 3. The molecule has 0 radical (unpaired) electrons. The molecule has 1 aromatic carbocycles. The van der Waals surface area contributed by atoms with E-state index in [1.807, 2.05) is 12.1 Å². The van der Waals surface area contributed by atoms with E-state index in [2.05, 4.69) is 6.92 Å². The summed E-state index contributed by atoms with van der Waals surface area (Å²) in [6, 6.07) is 6.60. The molecule has 0 aliphatic rings. The van der Waals surface area contributed by atoms with Crippen molar-refractivity contribution in [1.29, 1.82) is 0 Å². The van der Waals surface area contributed by atoms with E-state index < -0.39 is 5.63 Å². The van der Waals surface area contributed by atoms with Crippen LogP contribution in [0, 0.1) is 0 Å². The van der Waals surface area contributed by atoms with Gasteiger partial charge in [0.15, 0.2) is 11.5 Å². The maximum Gasteiger partial charge on any atom is 0.339 e. The van der Waals surface area contributed by atoms with E-state index in [1.54, 1.807) is 39.5 Å². The van der Waals surface area contributed by atoms with Gasteiger partial charge >= 0.3 is 5.63 Å². The molecule has 0 saturated heterocycles. The van der Waals surface area contributed by atoms with E-state index in [9.17, 15) is 4.79 Å². The van der Waals surface area contributed by atoms with E-state index in [1.165, 1.54) is 6.07 Å². The second-order valence-corrected chi connectivity index (χ2v) is 6.15. The van der Waals surface area contributed by atoms with Gasteiger partial charge < -0.3 is 28.1 Å². The van der Waals surface area contributed by atoms with Crippen LogP contribution in [0.25, 0.3) is 12.2 Å². The molecule has 1 aromatic heterocycles. The predicted octanol–water partition coefficient (Wildman–Crippen LogP) is 4.03. The summed E-state index contributed by atoms with van der Waals surface area (Å²) in [6.45, 7) is 3.45. The van der Waals surface area contributed by atoms with Crippen molar-refractivity contribution in [2.45, 2.75) is 19.8 Å². The summed E-state index contributed by atoms with van der Waals surface area (Å²) in [4.78, 5) is 11.8. The maximum atomic E-state index is 11.8. The van der Waals surface area contributed by atoms with Crippen molar-refractivity contribution in [2.24, 2.45) is 0 Å². The Labute approximate surface area is 170 Å². The highest BCUT2D eigenvalue weighted by atomic mass is 16.5. The van der Waals surface area contributed by atoms with Crippen LogP contribution in [0.1, 0.15) is 31.1 Å². The van der Waals surface area contributed by atoms with Gasteiger partial charge in [0, 0.05) is 13.2 Å². The number of unbranched alkanes of at least 4 members (excludes halogenated alkanes) is 1. The quantitative estimate of drug-likeness (QED) is 0.494. The number of rotatable bonds is 12. The summed E-state index contributed by atoms with van der Waals surface area (Å²) in [5.74, 6) is 2.50. The molecule has 0 atom stereocenters. The van der Waals surface area contributed by atoms with Gasteiger partial charge in [0.25, 0.3) is 0 Å². The predicted molar refractivity (Wildman–Crippen MR) is 111 cm³/mol.